The average Bonchev–Trinajstić information content (AvgIpc) is 2.67. The van der Waals surface area contributed by atoms with E-state index < -0.39 is 0 Å². The van der Waals surface area contributed by atoms with Crippen molar-refractivity contribution in [1.29, 1.82) is 0 Å². The van der Waals surface area contributed by atoms with E-state index in [9.17, 15) is 4.79 Å². The zero-order chi connectivity index (χ0) is 18.8. The van der Waals surface area contributed by atoms with Crippen molar-refractivity contribution >= 4 is 29.6 Å². The maximum Gasteiger partial charge on any atom is 0.243 e. The standard InChI is InChI=1S/C17H29N7OS/c1-23(2)15(25)13-21-16(18-9-12-26-3)22-14-5-10-24(11-6-14)17-19-7-4-8-20-17/h4,7-8,14H,5-6,9-13H2,1-3H3,(H2,18,21,22). The molecule has 0 aromatic carbocycles. The van der Waals surface area contributed by atoms with Crippen LogP contribution in [0.2, 0.25) is 0 Å². The molecule has 0 radical (unpaired) electrons. The number of anilines is 1. The molecule has 144 valence electrons. The smallest absolute Gasteiger partial charge is 0.243 e. The topological polar surface area (TPSA) is 85.8 Å². The van der Waals surface area contributed by atoms with Crippen LogP contribution in [0.4, 0.5) is 5.95 Å². The molecule has 1 aromatic rings. The van der Waals surface area contributed by atoms with Gasteiger partial charge in [-0.15, -0.1) is 0 Å². The minimum absolute atomic E-state index is 0.00740. The number of hydrogen-bond acceptors (Lipinski definition) is 6. The van der Waals surface area contributed by atoms with Crippen LogP contribution in [0.25, 0.3) is 0 Å². The van der Waals surface area contributed by atoms with Gasteiger partial charge in [0.2, 0.25) is 11.9 Å². The first-order valence-corrected chi connectivity index (χ1v) is 10.3. The second-order valence-electron chi connectivity index (χ2n) is 6.33. The summed E-state index contributed by atoms with van der Waals surface area (Å²) in [5.41, 5.74) is 0. The monoisotopic (exact) mass is 379 g/mol. The lowest BCUT2D eigenvalue weighted by molar-refractivity contribution is -0.127. The number of thioether (sulfide) groups is 1. The van der Waals surface area contributed by atoms with Crippen LogP contribution in [0.1, 0.15) is 12.8 Å². The first kappa shape index (κ1) is 20.3. The summed E-state index contributed by atoms with van der Waals surface area (Å²) in [5, 5.41) is 6.79. The number of nitrogens with one attached hydrogen (secondary N) is 2. The molecule has 2 rings (SSSR count). The second kappa shape index (κ2) is 10.8. The number of carbonyl (C=O) groups is 1. The number of likely N-dealkylation sites (N-methyl/N-ethyl adjacent to an activating group) is 1. The van der Waals surface area contributed by atoms with Crippen LogP contribution in [0.15, 0.2) is 23.5 Å². The van der Waals surface area contributed by atoms with Crippen molar-refractivity contribution in [2.75, 3.05) is 57.2 Å². The third-order valence-electron chi connectivity index (χ3n) is 4.14. The van der Waals surface area contributed by atoms with Crippen LogP contribution in [-0.2, 0) is 4.79 Å². The number of guanidine groups is 1. The van der Waals surface area contributed by atoms with E-state index in [0.717, 1.165) is 44.2 Å². The van der Waals surface area contributed by atoms with Crippen molar-refractivity contribution in [3.05, 3.63) is 18.5 Å². The summed E-state index contributed by atoms with van der Waals surface area (Å²) >= 11 is 1.78. The lowest BCUT2D eigenvalue weighted by Crippen LogP contribution is -2.49. The van der Waals surface area contributed by atoms with Gasteiger partial charge >= 0.3 is 0 Å². The maximum atomic E-state index is 11.8. The minimum atomic E-state index is -0.00740. The van der Waals surface area contributed by atoms with Gasteiger partial charge in [-0.05, 0) is 25.2 Å². The molecule has 1 aromatic heterocycles. The van der Waals surface area contributed by atoms with Gasteiger partial charge in [0.1, 0.15) is 6.54 Å². The molecule has 0 spiro atoms. The SMILES string of the molecule is CSCCNC(=NCC(=O)N(C)C)NC1CCN(c2ncccn2)CC1. The summed E-state index contributed by atoms with van der Waals surface area (Å²) in [6.07, 6.45) is 7.57. The quantitative estimate of drug-likeness (QED) is 0.404. The van der Waals surface area contributed by atoms with E-state index in [4.69, 9.17) is 0 Å². The van der Waals surface area contributed by atoms with Gasteiger partial charge in [-0.25, -0.2) is 15.0 Å². The van der Waals surface area contributed by atoms with Crippen molar-refractivity contribution in [2.45, 2.75) is 18.9 Å². The van der Waals surface area contributed by atoms with Crippen LogP contribution < -0.4 is 15.5 Å². The summed E-state index contributed by atoms with van der Waals surface area (Å²) in [7, 11) is 3.49. The number of aliphatic imine (C=N–C) groups is 1. The lowest BCUT2D eigenvalue weighted by atomic mass is 10.1. The highest BCUT2D eigenvalue weighted by Crippen LogP contribution is 2.15. The van der Waals surface area contributed by atoms with Gasteiger partial charge in [-0.3, -0.25) is 4.79 Å². The first-order chi connectivity index (χ1) is 12.6. The summed E-state index contributed by atoms with van der Waals surface area (Å²) < 4.78 is 0. The Bertz CT molecular complexity index is 574. The number of carbonyl (C=O) groups excluding carboxylic acids is 1. The van der Waals surface area contributed by atoms with Gasteiger partial charge in [0, 0.05) is 57.9 Å². The molecule has 0 unspecified atom stereocenters. The second-order valence-corrected chi connectivity index (χ2v) is 7.31. The zero-order valence-corrected chi connectivity index (χ0v) is 16.6. The van der Waals surface area contributed by atoms with E-state index >= 15 is 0 Å². The highest BCUT2D eigenvalue weighted by atomic mass is 32.2. The predicted octanol–water partition coefficient (Wildman–Crippen LogP) is 0.432. The van der Waals surface area contributed by atoms with Crippen LogP contribution in [0.5, 0.6) is 0 Å². The summed E-state index contributed by atoms with van der Waals surface area (Å²) in [6, 6.07) is 2.15. The van der Waals surface area contributed by atoms with E-state index in [0.29, 0.717) is 12.0 Å². The van der Waals surface area contributed by atoms with E-state index in [1.165, 1.54) is 0 Å². The van der Waals surface area contributed by atoms with Gasteiger partial charge in [0.05, 0.1) is 0 Å². The Morgan fingerprint density at radius 1 is 1.35 bits per heavy atom. The molecule has 26 heavy (non-hydrogen) atoms. The van der Waals surface area contributed by atoms with Crippen molar-refractivity contribution in [1.82, 2.24) is 25.5 Å². The summed E-state index contributed by atoms with van der Waals surface area (Å²) in [6.45, 7) is 2.77. The Morgan fingerprint density at radius 3 is 2.65 bits per heavy atom. The number of nitrogens with zero attached hydrogens (tertiary/aromatic N) is 5. The lowest BCUT2D eigenvalue weighted by Gasteiger charge is -2.33. The molecule has 1 saturated heterocycles. The van der Waals surface area contributed by atoms with Gasteiger partial charge in [-0.1, -0.05) is 0 Å². The summed E-state index contributed by atoms with van der Waals surface area (Å²) in [4.78, 5) is 28.6. The van der Waals surface area contributed by atoms with E-state index in [1.807, 2.05) is 6.07 Å². The Kier molecular flexibility index (Phi) is 8.46. The molecular formula is C17H29N7OS. The highest BCUT2D eigenvalue weighted by molar-refractivity contribution is 7.98. The third kappa shape index (κ3) is 6.70. The summed E-state index contributed by atoms with van der Waals surface area (Å²) in [5.74, 6) is 2.48. The van der Waals surface area contributed by atoms with Crippen molar-refractivity contribution in [3.63, 3.8) is 0 Å². The molecule has 8 nitrogen and oxygen atoms in total. The van der Waals surface area contributed by atoms with E-state index in [2.05, 4.69) is 36.7 Å². The van der Waals surface area contributed by atoms with Crippen LogP contribution in [-0.4, -0.2) is 85.1 Å². The Morgan fingerprint density at radius 2 is 2.04 bits per heavy atom. The predicted molar refractivity (Wildman–Crippen MR) is 108 cm³/mol. The van der Waals surface area contributed by atoms with Gasteiger partial charge in [0.25, 0.3) is 0 Å². The van der Waals surface area contributed by atoms with Crippen molar-refractivity contribution < 1.29 is 4.79 Å². The van der Waals surface area contributed by atoms with Crippen molar-refractivity contribution in [3.8, 4) is 0 Å². The van der Waals surface area contributed by atoms with Crippen molar-refractivity contribution in [2.24, 2.45) is 4.99 Å². The van der Waals surface area contributed by atoms with Gasteiger partial charge < -0.3 is 20.4 Å². The zero-order valence-electron chi connectivity index (χ0n) is 15.8. The van der Waals surface area contributed by atoms with E-state index in [-0.39, 0.29) is 12.5 Å². The number of hydrogen-bond donors (Lipinski definition) is 2. The van der Waals surface area contributed by atoms with E-state index in [1.54, 1.807) is 43.2 Å². The molecule has 0 atom stereocenters. The molecule has 1 amide bonds. The molecule has 1 aliphatic rings. The molecule has 0 bridgehead atoms. The fourth-order valence-electron chi connectivity index (χ4n) is 2.58. The number of aromatic nitrogens is 2. The largest absolute Gasteiger partial charge is 0.356 e. The molecule has 0 aliphatic carbocycles. The average molecular weight is 380 g/mol. The maximum absolute atomic E-state index is 11.8. The molecule has 2 N–H and O–H groups in total. The minimum Gasteiger partial charge on any atom is -0.356 e. The third-order valence-corrected chi connectivity index (χ3v) is 4.75. The fourth-order valence-corrected chi connectivity index (χ4v) is 2.89. The number of rotatable bonds is 7. The molecule has 2 heterocycles. The highest BCUT2D eigenvalue weighted by Gasteiger charge is 2.21. The Balaban J connectivity index is 1.87. The molecule has 0 saturated carbocycles. The number of amides is 1. The molecule has 1 fully saturated rings. The molecule has 9 heteroatoms. The van der Waals surface area contributed by atoms with Gasteiger partial charge in [0.15, 0.2) is 5.96 Å². The molecular weight excluding hydrogens is 350 g/mol. The van der Waals surface area contributed by atoms with Crippen LogP contribution >= 0.6 is 11.8 Å². The Labute approximate surface area is 159 Å². The first-order valence-electron chi connectivity index (χ1n) is 8.86. The Hall–Kier alpha value is -2.03. The van der Waals surface area contributed by atoms with Crippen LogP contribution in [0.3, 0.4) is 0 Å². The number of piperidine rings is 1. The van der Waals surface area contributed by atoms with Gasteiger partial charge in [-0.2, -0.15) is 11.8 Å². The fraction of sp³-hybridized carbons (Fsp3) is 0.647. The molecule has 1 aliphatic heterocycles. The normalized spacial score (nSPS) is 15.7. The van der Waals surface area contributed by atoms with Crippen LogP contribution in [0, 0.1) is 0 Å².